The molecule has 0 bridgehead atoms. The molecule has 0 radical (unpaired) electrons. The molecule has 0 saturated heterocycles. The maximum atomic E-state index is 14.1. The average Bonchev–Trinajstić information content (AvgIpc) is 3.40. The van der Waals surface area contributed by atoms with Gasteiger partial charge in [-0.05, 0) is 84.1 Å². The first-order valence-electron chi connectivity index (χ1n) is 10.7. The monoisotopic (exact) mass is 475 g/mol. The van der Waals surface area contributed by atoms with Gasteiger partial charge in [0.2, 0.25) is 5.91 Å². The Morgan fingerprint density at radius 3 is 2.37 bits per heavy atom. The molecule has 1 aromatic heterocycles. The van der Waals surface area contributed by atoms with Crippen LogP contribution in [-0.2, 0) is 4.79 Å². The summed E-state index contributed by atoms with van der Waals surface area (Å²) in [6.07, 6.45) is 1.38. The Morgan fingerprint density at radius 2 is 1.69 bits per heavy atom. The summed E-state index contributed by atoms with van der Waals surface area (Å²) < 4.78 is 20.9. The van der Waals surface area contributed by atoms with Crippen molar-refractivity contribution in [3.05, 3.63) is 84.4 Å². The predicted octanol–water partition coefficient (Wildman–Crippen LogP) is 3.50. The Labute approximate surface area is 200 Å². The number of hydrogen-bond donors (Lipinski definition) is 3. The van der Waals surface area contributed by atoms with Crippen LogP contribution in [0.25, 0.3) is 5.69 Å². The highest BCUT2D eigenvalue weighted by molar-refractivity contribution is 6.04. The topological polar surface area (TPSA) is 123 Å². The zero-order chi connectivity index (χ0) is 24.6. The van der Waals surface area contributed by atoms with Gasteiger partial charge in [-0.1, -0.05) is 0 Å². The minimum atomic E-state index is -0.516. The third kappa shape index (κ3) is 6.16. The quantitative estimate of drug-likeness (QED) is 0.339. The van der Waals surface area contributed by atoms with Gasteiger partial charge in [0, 0.05) is 16.9 Å². The molecule has 2 amide bonds. The van der Waals surface area contributed by atoms with Crippen LogP contribution in [0.1, 0.15) is 17.3 Å². The smallest absolute Gasteiger partial charge is 0.255 e. The van der Waals surface area contributed by atoms with Crippen LogP contribution in [0.4, 0.5) is 21.5 Å². The number of benzene rings is 3. The Kier molecular flexibility index (Phi) is 7.26. The van der Waals surface area contributed by atoms with Crippen molar-refractivity contribution >= 4 is 28.9 Å². The molecule has 0 aliphatic carbocycles. The third-order valence-corrected chi connectivity index (χ3v) is 4.86. The largest absolute Gasteiger partial charge is 0.494 e. The molecule has 0 aliphatic heterocycles. The highest BCUT2D eigenvalue weighted by atomic mass is 19.1. The summed E-state index contributed by atoms with van der Waals surface area (Å²) in [7, 11) is 0. The minimum Gasteiger partial charge on any atom is -0.494 e. The van der Waals surface area contributed by atoms with Crippen molar-refractivity contribution in [2.75, 3.05) is 29.1 Å². The molecule has 11 heteroatoms. The number of aromatic nitrogens is 4. The van der Waals surface area contributed by atoms with Gasteiger partial charge in [0.25, 0.3) is 5.91 Å². The van der Waals surface area contributed by atoms with Crippen molar-refractivity contribution in [3.8, 4) is 11.4 Å². The third-order valence-electron chi connectivity index (χ3n) is 4.86. The van der Waals surface area contributed by atoms with Crippen LogP contribution in [0.2, 0.25) is 0 Å². The van der Waals surface area contributed by atoms with Crippen LogP contribution in [-0.4, -0.2) is 45.2 Å². The number of rotatable bonds is 9. The number of amides is 2. The fraction of sp³-hybridized carbons (Fsp3) is 0.125. The number of halogens is 1. The Morgan fingerprint density at radius 1 is 0.971 bits per heavy atom. The summed E-state index contributed by atoms with van der Waals surface area (Å²) in [5, 5.41) is 19.1. The molecule has 0 spiro atoms. The van der Waals surface area contributed by atoms with Gasteiger partial charge in [0.05, 0.1) is 24.5 Å². The lowest BCUT2D eigenvalue weighted by molar-refractivity contribution is -0.114. The second-order valence-electron chi connectivity index (χ2n) is 7.31. The summed E-state index contributed by atoms with van der Waals surface area (Å²) >= 11 is 0. The highest BCUT2D eigenvalue weighted by Gasteiger charge is 2.10. The van der Waals surface area contributed by atoms with E-state index < -0.39 is 5.82 Å². The maximum Gasteiger partial charge on any atom is 0.255 e. The molecule has 0 aliphatic rings. The molecule has 3 N–H and O–H groups in total. The van der Waals surface area contributed by atoms with E-state index in [2.05, 4.69) is 31.5 Å². The number of ether oxygens (including phenoxy) is 1. The Balaban J connectivity index is 1.30. The molecule has 0 fully saturated rings. The number of tetrazole rings is 1. The second-order valence-corrected chi connectivity index (χ2v) is 7.31. The van der Waals surface area contributed by atoms with Crippen LogP contribution < -0.4 is 20.7 Å². The van der Waals surface area contributed by atoms with Gasteiger partial charge in [0.1, 0.15) is 17.9 Å². The molecule has 3 aromatic carbocycles. The van der Waals surface area contributed by atoms with Gasteiger partial charge in [0.15, 0.2) is 0 Å². The molecule has 35 heavy (non-hydrogen) atoms. The first kappa shape index (κ1) is 23.4. The number of nitrogens with zero attached hydrogens (tertiary/aromatic N) is 4. The molecule has 1 heterocycles. The van der Waals surface area contributed by atoms with E-state index in [9.17, 15) is 14.0 Å². The van der Waals surface area contributed by atoms with Crippen LogP contribution in [0, 0.1) is 5.82 Å². The van der Waals surface area contributed by atoms with Gasteiger partial charge in [-0.15, -0.1) is 5.10 Å². The molecule has 4 rings (SSSR count). The van der Waals surface area contributed by atoms with Crippen molar-refractivity contribution in [1.29, 1.82) is 0 Å². The standard InChI is InChI=1S/C24H22FN7O3/c1-2-35-20-10-7-18(8-11-20)29-24(34)16-3-5-17(6-4-16)28-23(33)14-26-22-13-19(9-12-21(22)25)32-15-27-30-31-32/h3-13,15,26H,2,14H2,1H3,(H,28,33)(H,29,34). The van der Waals surface area contributed by atoms with Crippen molar-refractivity contribution in [2.24, 2.45) is 0 Å². The second kappa shape index (κ2) is 10.9. The van der Waals surface area contributed by atoms with E-state index in [0.717, 1.165) is 5.75 Å². The molecule has 0 saturated carbocycles. The molecule has 0 unspecified atom stereocenters. The fourth-order valence-corrected chi connectivity index (χ4v) is 3.16. The van der Waals surface area contributed by atoms with E-state index in [4.69, 9.17) is 4.74 Å². The van der Waals surface area contributed by atoms with E-state index in [1.807, 2.05) is 6.92 Å². The van der Waals surface area contributed by atoms with E-state index in [1.165, 1.54) is 29.2 Å². The van der Waals surface area contributed by atoms with Crippen LogP contribution in [0.15, 0.2) is 73.1 Å². The molecular formula is C24H22FN7O3. The maximum absolute atomic E-state index is 14.1. The lowest BCUT2D eigenvalue weighted by atomic mass is 10.2. The van der Waals surface area contributed by atoms with E-state index in [1.54, 1.807) is 48.5 Å². The van der Waals surface area contributed by atoms with Crippen LogP contribution in [0.3, 0.4) is 0 Å². The van der Waals surface area contributed by atoms with Gasteiger partial charge >= 0.3 is 0 Å². The fourth-order valence-electron chi connectivity index (χ4n) is 3.16. The molecule has 4 aromatic rings. The lowest BCUT2D eigenvalue weighted by Crippen LogP contribution is -2.22. The normalized spacial score (nSPS) is 10.5. The number of anilines is 3. The van der Waals surface area contributed by atoms with Crippen LogP contribution in [0.5, 0.6) is 5.75 Å². The van der Waals surface area contributed by atoms with E-state index >= 15 is 0 Å². The Bertz CT molecular complexity index is 1290. The summed E-state index contributed by atoms with van der Waals surface area (Å²) in [6.45, 7) is 2.29. The van der Waals surface area contributed by atoms with Crippen LogP contribution >= 0.6 is 0 Å². The van der Waals surface area contributed by atoms with Gasteiger partial charge in [-0.25, -0.2) is 9.07 Å². The van der Waals surface area contributed by atoms with E-state index in [0.29, 0.717) is 29.2 Å². The van der Waals surface area contributed by atoms with Gasteiger partial charge in [-0.3, -0.25) is 9.59 Å². The number of carbonyl (C=O) groups excluding carboxylic acids is 2. The van der Waals surface area contributed by atoms with Crippen molar-refractivity contribution in [1.82, 2.24) is 20.2 Å². The number of hydrogen-bond acceptors (Lipinski definition) is 7. The summed E-state index contributed by atoms with van der Waals surface area (Å²) in [6, 6.07) is 17.8. The molecular weight excluding hydrogens is 453 g/mol. The highest BCUT2D eigenvalue weighted by Crippen LogP contribution is 2.19. The summed E-state index contributed by atoms with van der Waals surface area (Å²) in [5.74, 6) is -0.462. The van der Waals surface area contributed by atoms with E-state index in [-0.39, 0.29) is 24.0 Å². The summed E-state index contributed by atoms with van der Waals surface area (Å²) in [4.78, 5) is 24.8. The molecule has 10 nitrogen and oxygen atoms in total. The number of carbonyl (C=O) groups is 2. The average molecular weight is 475 g/mol. The predicted molar refractivity (Wildman–Crippen MR) is 128 cm³/mol. The number of nitrogens with one attached hydrogen (secondary N) is 3. The molecule has 178 valence electrons. The first-order valence-corrected chi connectivity index (χ1v) is 10.7. The minimum absolute atomic E-state index is 0.134. The summed E-state index contributed by atoms with van der Waals surface area (Å²) in [5.41, 5.74) is 2.24. The van der Waals surface area contributed by atoms with Gasteiger partial charge in [-0.2, -0.15) is 0 Å². The SMILES string of the molecule is CCOc1ccc(NC(=O)c2ccc(NC(=O)CNc3cc(-n4cnnn4)ccc3F)cc2)cc1. The van der Waals surface area contributed by atoms with Crippen molar-refractivity contribution < 1.29 is 18.7 Å². The van der Waals surface area contributed by atoms with Crippen molar-refractivity contribution in [2.45, 2.75) is 6.92 Å². The van der Waals surface area contributed by atoms with Gasteiger partial charge < -0.3 is 20.7 Å². The molecule has 0 atom stereocenters. The zero-order valence-electron chi connectivity index (χ0n) is 18.7. The first-order chi connectivity index (χ1) is 17.0. The lowest BCUT2D eigenvalue weighted by Gasteiger charge is -2.11. The Hall–Kier alpha value is -4.80. The van der Waals surface area contributed by atoms with Crippen molar-refractivity contribution in [3.63, 3.8) is 0 Å². The zero-order valence-corrected chi connectivity index (χ0v) is 18.7.